The molecular formula is C18H26ClNO2. The minimum atomic E-state index is 0.365. The van der Waals surface area contributed by atoms with Gasteiger partial charge in [-0.25, -0.2) is 0 Å². The molecule has 1 rings (SSSR count). The van der Waals surface area contributed by atoms with Crippen LogP contribution in [0.1, 0.15) is 33.3 Å². The highest BCUT2D eigenvalue weighted by molar-refractivity contribution is 6.32. The Balaban J connectivity index is 3.28. The van der Waals surface area contributed by atoms with E-state index in [1.807, 2.05) is 6.07 Å². The summed E-state index contributed by atoms with van der Waals surface area (Å²) in [6, 6.07) is 3.58. The third-order valence-corrected chi connectivity index (χ3v) is 4.53. The predicted octanol–water partition coefficient (Wildman–Crippen LogP) is 5.33. The van der Waals surface area contributed by atoms with Crippen LogP contribution >= 0.6 is 11.6 Å². The zero-order chi connectivity index (χ0) is 16.9. The summed E-state index contributed by atoms with van der Waals surface area (Å²) in [7, 11) is 3.19. The van der Waals surface area contributed by atoms with Crippen molar-refractivity contribution < 1.29 is 9.47 Å². The van der Waals surface area contributed by atoms with Crippen LogP contribution in [-0.4, -0.2) is 20.9 Å². The number of benzene rings is 1. The number of hydrogen-bond donors (Lipinski definition) is 0. The minimum absolute atomic E-state index is 0.365. The maximum Gasteiger partial charge on any atom is 0.162 e. The molecular weight excluding hydrogens is 298 g/mol. The third kappa shape index (κ3) is 4.26. The molecule has 0 fully saturated rings. The molecule has 0 saturated heterocycles. The van der Waals surface area contributed by atoms with Crippen molar-refractivity contribution in [2.24, 2.45) is 22.7 Å². The fourth-order valence-electron chi connectivity index (χ4n) is 2.29. The smallest absolute Gasteiger partial charge is 0.162 e. The van der Waals surface area contributed by atoms with Gasteiger partial charge in [0.05, 0.1) is 24.9 Å². The normalized spacial score (nSPS) is 14.6. The molecule has 3 nitrogen and oxygen atoms in total. The Labute approximate surface area is 139 Å². The Morgan fingerprint density at radius 2 is 1.68 bits per heavy atom. The van der Waals surface area contributed by atoms with Gasteiger partial charge in [0.25, 0.3) is 0 Å². The number of allylic oxidation sites excluding steroid dienone is 1. The number of nitrogens with zero attached hydrogens (tertiary/aromatic N) is 1. The second-order valence-corrected chi connectivity index (χ2v) is 6.27. The van der Waals surface area contributed by atoms with Crippen LogP contribution in [0.25, 0.3) is 5.70 Å². The molecule has 2 atom stereocenters. The van der Waals surface area contributed by atoms with E-state index >= 15 is 0 Å². The molecule has 1 aromatic rings. The van der Waals surface area contributed by atoms with Gasteiger partial charge in [-0.1, -0.05) is 45.4 Å². The topological polar surface area (TPSA) is 30.8 Å². The summed E-state index contributed by atoms with van der Waals surface area (Å²) < 4.78 is 10.6. The molecule has 0 aliphatic heterocycles. The number of methoxy groups -OCH3 is 2. The van der Waals surface area contributed by atoms with E-state index in [1.54, 1.807) is 20.3 Å². The first-order valence-corrected chi connectivity index (χ1v) is 7.83. The van der Waals surface area contributed by atoms with Gasteiger partial charge in [0.15, 0.2) is 11.5 Å². The maximum absolute atomic E-state index is 6.37. The lowest BCUT2D eigenvalue weighted by Crippen LogP contribution is -2.12. The predicted molar refractivity (Wildman–Crippen MR) is 95.2 cm³/mol. The number of halogens is 1. The lowest BCUT2D eigenvalue weighted by Gasteiger charge is -2.21. The molecule has 0 heterocycles. The SMILES string of the molecule is C=NC(=CC(C)C(C)C(C)C)c1cc(OC)c(OC)cc1Cl. The van der Waals surface area contributed by atoms with Gasteiger partial charge in [-0.3, -0.25) is 4.99 Å². The van der Waals surface area contributed by atoms with E-state index in [0.29, 0.717) is 34.3 Å². The molecule has 0 aliphatic rings. The Morgan fingerprint density at radius 1 is 1.14 bits per heavy atom. The Hall–Kier alpha value is -1.48. The van der Waals surface area contributed by atoms with E-state index in [4.69, 9.17) is 21.1 Å². The van der Waals surface area contributed by atoms with Gasteiger partial charge >= 0.3 is 0 Å². The van der Waals surface area contributed by atoms with Crippen molar-refractivity contribution >= 4 is 24.0 Å². The van der Waals surface area contributed by atoms with Gasteiger partial charge < -0.3 is 9.47 Å². The zero-order valence-electron chi connectivity index (χ0n) is 14.3. The number of aliphatic imine (C=N–C) groups is 1. The van der Waals surface area contributed by atoms with E-state index in [9.17, 15) is 0 Å². The number of ether oxygens (including phenoxy) is 2. The van der Waals surface area contributed by atoms with Gasteiger partial charge in [0.2, 0.25) is 0 Å². The van der Waals surface area contributed by atoms with Crippen LogP contribution in [0.5, 0.6) is 11.5 Å². The van der Waals surface area contributed by atoms with E-state index < -0.39 is 0 Å². The molecule has 122 valence electrons. The lowest BCUT2D eigenvalue weighted by atomic mass is 9.85. The Kier molecular flexibility index (Phi) is 6.95. The van der Waals surface area contributed by atoms with Crippen molar-refractivity contribution in [2.75, 3.05) is 14.2 Å². The first kappa shape index (κ1) is 18.6. The molecule has 4 heteroatoms. The quantitative estimate of drug-likeness (QED) is 0.635. The first-order chi connectivity index (χ1) is 10.3. The van der Waals surface area contributed by atoms with Crippen LogP contribution in [0.15, 0.2) is 23.2 Å². The minimum Gasteiger partial charge on any atom is -0.493 e. The molecule has 0 amide bonds. The molecule has 0 N–H and O–H groups in total. The summed E-state index contributed by atoms with van der Waals surface area (Å²) in [4.78, 5) is 4.16. The third-order valence-electron chi connectivity index (χ3n) is 4.22. The van der Waals surface area contributed by atoms with Crippen molar-refractivity contribution in [2.45, 2.75) is 27.7 Å². The summed E-state index contributed by atoms with van der Waals surface area (Å²) >= 11 is 6.37. The Bertz CT molecular complexity index is 552. The fraction of sp³-hybridized carbons (Fsp3) is 0.500. The molecule has 0 aliphatic carbocycles. The molecule has 2 unspecified atom stereocenters. The molecule has 0 saturated carbocycles. The summed E-state index contributed by atoms with van der Waals surface area (Å²) in [5, 5.41) is 0.570. The molecule has 0 aromatic heterocycles. The lowest BCUT2D eigenvalue weighted by molar-refractivity contribution is 0.343. The highest BCUT2D eigenvalue weighted by Crippen LogP contribution is 2.37. The molecule has 0 spiro atoms. The van der Waals surface area contributed by atoms with Gasteiger partial charge in [0.1, 0.15) is 0 Å². The average Bonchev–Trinajstić information content (AvgIpc) is 2.51. The van der Waals surface area contributed by atoms with E-state index in [0.717, 1.165) is 11.3 Å². The summed E-state index contributed by atoms with van der Waals surface area (Å²) in [6.45, 7) is 12.6. The highest BCUT2D eigenvalue weighted by Gasteiger charge is 2.17. The summed E-state index contributed by atoms with van der Waals surface area (Å²) in [5.74, 6) is 2.72. The summed E-state index contributed by atoms with van der Waals surface area (Å²) in [6.07, 6.45) is 2.12. The largest absolute Gasteiger partial charge is 0.493 e. The standard InChI is InChI=1S/C18H26ClNO2/c1-11(2)13(4)12(3)8-16(20-5)14-9-17(21-6)18(22-7)10-15(14)19/h8-13H,5H2,1-4,6-7H3. The maximum atomic E-state index is 6.37. The second kappa shape index (κ2) is 8.23. The summed E-state index contributed by atoms with van der Waals surface area (Å²) in [5.41, 5.74) is 1.57. The zero-order valence-corrected chi connectivity index (χ0v) is 15.1. The van der Waals surface area contributed by atoms with Crippen LogP contribution in [-0.2, 0) is 0 Å². The van der Waals surface area contributed by atoms with Gasteiger partial charge in [-0.05, 0) is 30.5 Å². The number of hydrogen-bond acceptors (Lipinski definition) is 3. The fourth-order valence-corrected chi connectivity index (χ4v) is 2.54. The second-order valence-electron chi connectivity index (χ2n) is 5.86. The Morgan fingerprint density at radius 3 is 2.14 bits per heavy atom. The van der Waals surface area contributed by atoms with Crippen molar-refractivity contribution in [1.82, 2.24) is 0 Å². The van der Waals surface area contributed by atoms with E-state index in [-0.39, 0.29) is 0 Å². The van der Waals surface area contributed by atoms with Crippen molar-refractivity contribution in [3.8, 4) is 11.5 Å². The molecule has 0 radical (unpaired) electrons. The van der Waals surface area contributed by atoms with Gasteiger partial charge in [-0.2, -0.15) is 0 Å². The monoisotopic (exact) mass is 323 g/mol. The molecule has 0 bridgehead atoms. The number of rotatable bonds is 7. The average molecular weight is 324 g/mol. The van der Waals surface area contributed by atoms with E-state index in [2.05, 4.69) is 45.5 Å². The van der Waals surface area contributed by atoms with E-state index in [1.165, 1.54) is 0 Å². The molecule has 22 heavy (non-hydrogen) atoms. The van der Waals surface area contributed by atoms with Crippen molar-refractivity contribution in [3.63, 3.8) is 0 Å². The van der Waals surface area contributed by atoms with Crippen LogP contribution in [0.4, 0.5) is 0 Å². The van der Waals surface area contributed by atoms with Crippen LogP contribution < -0.4 is 9.47 Å². The highest BCUT2D eigenvalue weighted by atomic mass is 35.5. The van der Waals surface area contributed by atoms with Gasteiger partial charge in [0, 0.05) is 11.6 Å². The van der Waals surface area contributed by atoms with Crippen LogP contribution in [0.2, 0.25) is 5.02 Å². The van der Waals surface area contributed by atoms with Crippen molar-refractivity contribution in [1.29, 1.82) is 0 Å². The van der Waals surface area contributed by atoms with Gasteiger partial charge in [-0.15, -0.1) is 0 Å². The van der Waals surface area contributed by atoms with Crippen LogP contribution in [0, 0.1) is 17.8 Å². The van der Waals surface area contributed by atoms with Crippen LogP contribution in [0.3, 0.4) is 0 Å². The first-order valence-electron chi connectivity index (χ1n) is 7.46. The molecule has 1 aromatic carbocycles. The van der Waals surface area contributed by atoms with Crippen molar-refractivity contribution in [3.05, 3.63) is 28.8 Å².